The van der Waals surface area contributed by atoms with Gasteiger partial charge in [0.2, 0.25) is 0 Å². The fraction of sp³-hybridized carbons (Fsp3) is 0.368. The van der Waals surface area contributed by atoms with Crippen molar-refractivity contribution in [2.75, 3.05) is 13.1 Å². The maximum atomic E-state index is 12.9. The molecule has 2 aromatic heterocycles. The van der Waals surface area contributed by atoms with Gasteiger partial charge in [-0.15, -0.1) is 0 Å². The Kier molecular flexibility index (Phi) is 3.84. The van der Waals surface area contributed by atoms with E-state index in [9.17, 15) is 4.79 Å². The highest BCUT2D eigenvalue weighted by molar-refractivity contribution is 5.97. The number of benzene rings is 1. The number of aromatic amines is 1. The van der Waals surface area contributed by atoms with Gasteiger partial charge in [0.15, 0.2) is 0 Å². The Morgan fingerprint density at radius 1 is 1.38 bits per heavy atom. The number of hydrogen-bond acceptors (Lipinski definition) is 3. The number of likely N-dealkylation sites (tertiary alicyclic amines) is 1. The van der Waals surface area contributed by atoms with E-state index in [1.165, 1.54) is 0 Å². The molecule has 1 saturated heterocycles. The summed E-state index contributed by atoms with van der Waals surface area (Å²) in [7, 11) is 0. The summed E-state index contributed by atoms with van der Waals surface area (Å²) in [5.74, 6) is 1.47. The number of carbonyl (C=O) groups is 1. The fourth-order valence-corrected chi connectivity index (χ4v) is 3.62. The van der Waals surface area contributed by atoms with E-state index in [4.69, 9.17) is 4.42 Å². The number of aryl methyl sites for hydroxylation is 1. The highest BCUT2D eigenvalue weighted by Crippen LogP contribution is 2.24. The molecular weight excluding hydrogens is 302 g/mol. The van der Waals surface area contributed by atoms with E-state index in [-0.39, 0.29) is 5.91 Å². The number of rotatable bonds is 3. The molecule has 1 fully saturated rings. The molecule has 24 heavy (non-hydrogen) atoms. The monoisotopic (exact) mass is 323 g/mol. The van der Waals surface area contributed by atoms with Crippen LogP contribution in [0.5, 0.6) is 0 Å². The smallest absolute Gasteiger partial charge is 0.253 e. The summed E-state index contributed by atoms with van der Waals surface area (Å²) in [6, 6.07) is 9.68. The molecule has 1 aliphatic heterocycles. The lowest BCUT2D eigenvalue weighted by Crippen LogP contribution is -2.40. The zero-order chi connectivity index (χ0) is 16.5. The lowest BCUT2D eigenvalue weighted by atomic mass is 9.93. The van der Waals surface area contributed by atoms with Gasteiger partial charge in [0, 0.05) is 35.9 Å². The van der Waals surface area contributed by atoms with E-state index in [1.807, 2.05) is 42.2 Å². The Bertz CT molecular complexity index is 851. The van der Waals surface area contributed by atoms with E-state index in [1.54, 1.807) is 6.20 Å². The van der Waals surface area contributed by atoms with Gasteiger partial charge in [0.25, 0.3) is 5.91 Å². The van der Waals surface area contributed by atoms with Crippen LogP contribution in [0.2, 0.25) is 0 Å². The molecule has 0 aliphatic carbocycles. The van der Waals surface area contributed by atoms with Crippen LogP contribution in [0.4, 0.5) is 0 Å². The number of nitrogens with zero attached hydrogens (tertiary/aromatic N) is 2. The fourth-order valence-electron chi connectivity index (χ4n) is 3.62. The molecule has 0 bridgehead atoms. The number of hydrogen-bond donors (Lipinski definition) is 1. The Labute approximate surface area is 140 Å². The number of piperidine rings is 1. The van der Waals surface area contributed by atoms with Crippen LogP contribution < -0.4 is 0 Å². The van der Waals surface area contributed by atoms with Crippen molar-refractivity contribution in [3.63, 3.8) is 0 Å². The van der Waals surface area contributed by atoms with E-state index in [0.717, 1.165) is 60.3 Å². The molecule has 4 rings (SSSR count). The third-order valence-corrected chi connectivity index (χ3v) is 4.76. The van der Waals surface area contributed by atoms with Crippen LogP contribution in [0, 0.1) is 12.8 Å². The van der Waals surface area contributed by atoms with Crippen molar-refractivity contribution < 1.29 is 9.21 Å². The van der Waals surface area contributed by atoms with Crippen molar-refractivity contribution >= 4 is 16.9 Å². The van der Waals surface area contributed by atoms with Gasteiger partial charge in [-0.2, -0.15) is 5.10 Å². The number of furan rings is 1. The number of fused-ring (bicyclic) bond motifs is 1. The van der Waals surface area contributed by atoms with Crippen LogP contribution in [-0.2, 0) is 6.42 Å². The molecule has 3 aromatic rings. The van der Waals surface area contributed by atoms with Gasteiger partial charge in [-0.25, -0.2) is 0 Å². The Balaban J connectivity index is 1.49. The molecule has 1 unspecified atom stereocenters. The number of nitrogens with one attached hydrogen (secondary N) is 1. The van der Waals surface area contributed by atoms with Crippen LogP contribution in [0.25, 0.3) is 11.0 Å². The Hall–Kier alpha value is -2.56. The van der Waals surface area contributed by atoms with Crippen molar-refractivity contribution in [1.82, 2.24) is 15.1 Å². The summed E-state index contributed by atoms with van der Waals surface area (Å²) in [4.78, 5) is 14.9. The standard InChI is InChI=1S/C19H21N3O2/c1-13-9-16-11-15(4-5-18(16)24-13)19(23)22-8-2-3-14(12-22)10-17-6-7-20-21-17/h4-7,9,11,14H,2-3,8,10,12H2,1H3,(H,20,21). The van der Waals surface area contributed by atoms with Crippen LogP contribution in [0.3, 0.4) is 0 Å². The molecule has 1 atom stereocenters. The lowest BCUT2D eigenvalue weighted by molar-refractivity contribution is 0.0673. The number of carbonyl (C=O) groups excluding carboxylic acids is 1. The van der Waals surface area contributed by atoms with Crippen molar-refractivity contribution in [3.8, 4) is 0 Å². The zero-order valence-electron chi connectivity index (χ0n) is 13.8. The maximum absolute atomic E-state index is 12.9. The molecule has 0 radical (unpaired) electrons. The summed E-state index contributed by atoms with van der Waals surface area (Å²) in [6.45, 7) is 3.56. The summed E-state index contributed by atoms with van der Waals surface area (Å²) >= 11 is 0. The van der Waals surface area contributed by atoms with Crippen molar-refractivity contribution in [2.24, 2.45) is 5.92 Å². The van der Waals surface area contributed by atoms with Gasteiger partial charge in [-0.1, -0.05) is 0 Å². The SMILES string of the molecule is Cc1cc2cc(C(=O)N3CCCC(Cc4ccn[nH]4)C3)ccc2o1. The van der Waals surface area contributed by atoms with Gasteiger partial charge in [0.05, 0.1) is 0 Å². The van der Waals surface area contributed by atoms with Gasteiger partial charge in [-0.05, 0) is 62.4 Å². The average molecular weight is 323 g/mol. The van der Waals surface area contributed by atoms with Crippen molar-refractivity contribution in [1.29, 1.82) is 0 Å². The number of H-pyrrole nitrogens is 1. The van der Waals surface area contributed by atoms with Gasteiger partial charge >= 0.3 is 0 Å². The molecule has 3 heterocycles. The van der Waals surface area contributed by atoms with Crippen LogP contribution in [0.15, 0.2) is 40.9 Å². The molecule has 1 aromatic carbocycles. The maximum Gasteiger partial charge on any atom is 0.253 e. The minimum Gasteiger partial charge on any atom is -0.461 e. The molecule has 0 spiro atoms. The van der Waals surface area contributed by atoms with Crippen LogP contribution in [0.1, 0.15) is 34.7 Å². The lowest BCUT2D eigenvalue weighted by Gasteiger charge is -2.32. The topological polar surface area (TPSA) is 62.1 Å². The highest BCUT2D eigenvalue weighted by atomic mass is 16.3. The predicted octanol–water partition coefficient (Wildman–Crippen LogP) is 3.56. The first kappa shape index (κ1) is 15.0. The predicted molar refractivity (Wildman–Crippen MR) is 91.9 cm³/mol. The van der Waals surface area contributed by atoms with Crippen LogP contribution >= 0.6 is 0 Å². The first-order chi connectivity index (χ1) is 11.7. The minimum absolute atomic E-state index is 0.116. The minimum atomic E-state index is 0.116. The first-order valence-electron chi connectivity index (χ1n) is 8.47. The van der Waals surface area contributed by atoms with Gasteiger partial charge in [-0.3, -0.25) is 9.89 Å². The molecule has 124 valence electrons. The van der Waals surface area contributed by atoms with E-state index >= 15 is 0 Å². The number of amides is 1. The van der Waals surface area contributed by atoms with E-state index in [2.05, 4.69) is 10.2 Å². The third kappa shape index (κ3) is 2.94. The Morgan fingerprint density at radius 3 is 3.12 bits per heavy atom. The van der Waals surface area contributed by atoms with Crippen LogP contribution in [-0.4, -0.2) is 34.1 Å². The molecule has 1 amide bonds. The molecule has 1 aliphatic rings. The molecular formula is C19H21N3O2. The second kappa shape index (κ2) is 6.15. The third-order valence-electron chi connectivity index (χ3n) is 4.76. The molecule has 1 N–H and O–H groups in total. The summed E-state index contributed by atoms with van der Waals surface area (Å²) in [5.41, 5.74) is 2.72. The highest BCUT2D eigenvalue weighted by Gasteiger charge is 2.25. The average Bonchev–Trinajstić information content (AvgIpc) is 3.22. The second-order valence-electron chi connectivity index (χ2n) is 6.66. The Morgan fingerprint density at radius 2 is 2.29 bits per heavy atom. The molecule has 0 saturated carbocycles. The summed E-state index contributed by atoms with van der Waals surface area (Å²) in [6.07, 6.45) is 4.94. The van der Waals surface area contributed by atoms with E-state index < -0.39 is 0 Å². The van der Waals surface area contributed by atoms with Gasteiger partial charge < -0.3 is 9.32 Å². The van der Waals surface area contributed by atoms with Crippen molar-refractivity contribution in [2.45, 2.75) is 26.2 Å². The molecule has 5 nitrogen and oxygen atoms in total. The first-order valence-corrected chi connectivity index (χ1v) is 8.47. The second-order valence-corrected chi connectivity index (χ2v) is 6.66. The summed E-state index contributed by atoms with van der Waals surface area (Å²) < 4.78 is 5.59. The van der Waals surface area contributed by atoms with Gasteiger partial charge in [0.1, 0.15) is 11.3 Å². The molecule has 5 heteroatoms. The largest absolute Gasteiger partial charge is 0.461 e. The van der Waals surface area contributed by atoms with Crippen molar-refractivity contribution in [3.05, 3.63) is 53.5 Å². The zero-order valence-corrected chi connectivity index (χ0v) is 13.8. The normalized spacial score (nSPS) is 18.2. The van der Waals surface area contributed by atoms with E-state index in [0.29, 0.717) is 5.92 Å². The number of aromatic nitrogens is 2. The summed E-state index contributed by atoms with van der Waals surface area (Å²) in [5, 5.41) is 8.01. The quantitative estimate of drug-likeness (QED) is 0.801.